The first kappa shape index (κ1) is 13.9. The first-order chi connectivity index (χ1) is 10.3. The number of pyridine rings is 1. The molecule has 1 N–H and O–H groups in total. The second-order valence-corrected chi connectivity index (χ2v) is 5.58. The molecule has 0 radical (unpaired) electrons. The molecule has 0 atom stereocenters. The molecule has 2 aromatic heterocycles. The van der Waals surface area contributed by atoms with E-state index >= 15 is 0 Å². The predicted octanol–water partition coefficient (Wildman–Crippen LogP) is 2.59. The van der Waals surface area contributed by atoms with E-state index < -0.39 is 0 Å². The quantitative estimate of drug-likeness (QED) is 0.917. The highest BCUT2D eigenvalue weighted by atomic mass is 15.3. The number of aromatic nitrogens is 3. The Hall–Kier alpha value is -2.04. The molecule has 0 spiro atoms. The van der Waals surface area contributed by atoms with Crippen molar-refractivity contribution in [2.24, 2.45) is 7.05 Å². The van der Waals surface area contributed by atoms with Crippen molar-refractivity contribution in [3.63, 3.8) is 0 Å². The number of hydrogen-bond acceptors (Lipinski definition) is 4. The second-order valence-electron chi connectivity index (χ2n) is 5.58. The average molecular weight is 285 g/mol. The molecule has 5 nitrogen and oxygen atoms in total. The predicted molar refractivity (Wildman–Crippen MR) is 85.6 cm³/mol. The first-order valence-corrected chi connectivity index (χ1v) is 7.72. The van der Waals surface area contributed by atoms with Crippen LogP contribution in [0.25, 0.3) is 0 Å². The summed E-state index contributed by atoms with van der Waals surface area (Å²) in [6.45, 7) is 5.20. The van der Waals surface area contributed by atoms with Crippen LogP contribution in [0.1, 0.15) is 31.0 Å². The van der Waals surface area contributed by atoms with Gasteiger partial charge in [0, 0.05) is 38.4 Å². The zero-order chi connectivity index (χ0) is 14.7. The summed E-state index contributed by atoms with van der Waals surface area (Å²) < 4.78 is 1.88. The lowest BCUT2D eigenvalue weighted by Gasteiger charge is -2.16. The van der Waals surface area contributed by atoms with E-state index in [-0.39, 0.29) is 0 Å². The lowest BCUT2D eigenvalue weighted by Crippen LogP contribution is -2.18. The summed E-state index contributed by atoms with van der Waals surface area (Å²) in [7, 11) is 1.97. The summed E-state index contributed by atoms with van der Waals surface area (Å²) in [5.41, 5.74) is 3.47. The number of aryl methyl sites for hydroxylation is 2. The van der Waals surface area contributed by atoms with Gasteiger partial charge in [-0.1, -0.05) is 6.92 Å². The zero-order valence-corrected chi connectivity index (χ0v) is 12.8. The van der Waals surface area contributed by atoms with Crippen LogP contribution < -0.4 is 10.2 Å². The second kappa shape index (κ2) is 6.16. The Labute approximate surface area is 126 Å². The fraction of sp³-hybridized carbons (Fsp3) is 0.500. The Balaban J connectivity index is 1.62. The van der Waals surface area contributed by atoms with E-state index in [9.17, 15) is 0 Å². The Kier molecular flexibility index (Phi) is 4.08. The number of nitrogens with one attached hydrogen (secondary N) is 1. The van der Waals surface area contributed by atoms with E-state index in [1.54, 1.807) is 0 Å². The molecular weight excluding hydrogens is 262 g/mol. The van der Waals surface area contributed by atoms with Gasteiger partial charge in [-0.25, -0.2) is 4.98 Å². The fourth-order valence-electron chi connectivity index (χ4n) is 2.85. The minimum atomic E-state index is 0.793. The van der Waals surface area contributed by atoms with Gasteiger partial charge in [0.2, 0.25) is 0 Å². The van der Waals surface area contributed by atoms with Crippen molar-refractivity contribution in [3.8, 4) is 0 Å². The smallest absolute Gasteiger partial charge is 0.128 e. The van der Waals surface area contributed by atoms with Crippen LogP contribution in [0.3, 0.4) is 0 Å². The van der Waals surface area contributed by atoms with E-state index in [4.69, 9.17) is 0 Å². The van der Waals surface area contributed by atoms with Crippen LogP contribution in [0, 0.1) is 0 Å². The molecule has 0 aliphatic carbocycles. The largest absolute Gasteiger partial charge is 0.380 e. The van der Waals surface area contributed by atoms with Gasteiger partial charge in [0.05, 0.1) is 17.6 Å². The van der Waals surface area contributed by atoms with Crippen LogP contribution in [0.15, 0.2) is 24.5 Å². The Morgan fingerprint density at radius 1 is 1.24 bits per heavy atom. The number of nitrogens with zero attached hydrogens (tertiary/aromatic N) is 4. The van der Waals surface area contributed by atoms with Gasteiger partial charge in [-0.3, -0.25) is 4.68 Å². The van der Waals surface area contributed by atoms with Crippen molar-refractivity contribution in [2.45, 2.75) is 32.7 Å². The summed E-state index contributed by atoms with van der Waals surface area (Å²) >= 11 is 0. The Bertz CT molecular complexity index is 581. The first-order valence-electron chi connectivity index (χ1n) is 7.72. The van der Waals surface area contributed by atoms with Gasteiger partial charge in [0.1, 0.15) is 5.82 Å². The van der Waals surface area contributed by atoms with E-state index in [2.05, 4.69) is 45.6 Å². The van der Waals surface area contributed by atoms with Gasteiger partial charge >= 0.3 is 0 Å². The highest BCUT2D eigenvalue weighted by molar-refractivity contribution is 5.49. The molecule has 1 aliphatic rings. The van der Waals surface area contributed by atoms with Crippen molar-refractivity contribution in [2.75, 3.05) is 23.3 Å². The SMILES string of the molecule is CCc1nn(C)cc1CNc1ccc(N2CCCC2)nc1. The zero-order valence-electron chi connectivity index (χ0n) is 12.8. The van der Waals surface area contributed by atoms with Crippen molar-refractivity contribution in [1.29, 1.82) is 0 Å². The summed E-state index contributed by atoms with van der Waals surface area (Å²) in [4.78, 5) is 6.91. The van der Waals surface area contributed by atoms with Crippen molar-refractivity contribution >= 4 is 11.5 Å². The molecule has 0 aromatic carbocycles. The van der Waals surface area contributed by atoms with Gasteiger partial charge in [-0.2, -0.15) is 5.10 Å². The Morgan fingerprint density at radius 2 is 2.05 bits per heavy atom. The van der Waals surface area contributed by atoms with Gasteiger partial charge in [0.25, 0.3) is 0 Å². The molecule has 0 amide bonds. The highest BCUT2D eigenvalue weighted by Gasteiger charge is 2.13. The molecule has 21 heavy (non-hydrogen) atoms. The van der Waals surface area contributed by atoms with Crippen LogP contribution in [0.4, 0.5) is 11.5 Å². The molecule has 1 fully saturated rings. The third kappa shape index (κ3) is 3.17. The number of rotatable bonds is 5. The fourth-order valence-corrected chi connectivity index (χ4v) is 2.85. The third-order valence-electron chi connectivity index (χ3n) is 3.99. The molecule has 3 rings (SSSR count). The third-order valence-corrected chi connectivity index (χ3v) is 3.99. The Morgan fingerprint density at radius 3 is 2.71 bits per heavy atom. The van der Waals surface area contributed by atoms with Crippen molar-refractivity contribution < 1.29 is 0 Å². The average Bonchev–Trinajstić information content (AvgIpc) is 3.15. The molecule has 112 valence electrons. The molecule has 2 aromatic rings. The maximum atomic E-state index is 4.56. The molecule has 5 heteroatoms. The van der Waals surface area contributed by atoms with Gasteiger partial charge in [-0.05, 0) is 31.4 Å². The molecule has 0 unspecified atom stereocenters. The van der Waals surface area contributed by atoms with Crippen molar-refractivity contribution in [3.05, 3.63) is 35.8 Å². The van der Waals surface area contributed by atoms with E-state index in [1.807, 2.05) is 17.9 Å². The maximum absolute atomic E-state index is 4.56. The highest BCUT2D eigenvalue weighted by Crippen LogP contribution is 2.19. The molecular formula is C16H23N5. The normalized spacial score (nSPS) is 14.7. The number of hydrogen-bond donors (Lipinski definition) is 1. The molecule has 1 aliphatic heterocycles. The lowest BCUT2D eigenvalue weighted by atomic mass is 10.2. The summed E-state index contributed by atoms with van der Waals surface area (Å²) in [6.07, 6.45) is 7.53. The van der Waals surface area contributed by atoms with Gasteiger partial charge in [0.15, 0.2) is 0 Å². The van der Waals surface area contributed by atoms with Crippen LogP contribution in [0.5, 0.6) is 0 Å². The number of anilines is 2. The van der Waals surface area contributed by atoms with Crippen LogP contribution in [0.2, 0.25) is 0 Å². The van der Waals surface area contributed by atoms with Crippen LogP contribution >= 0.6 is 0 Å². The molecule has 0 saturated carbocycles. The minimum absolute atomic E-state index is 0.793. The summed E-state index contributed by atoms with van der Waals surface area (Å²) in [6, 6.07) is 4.22. The van der Waals surface area contributed by atoms with Crippen molar-refractivity contribution in [1.82, 2.24) is 14.8 Å². The van der Waals surface area contributed by atoms with Crippen LogP contribution in [-0.2, 0) is 20.0 Å². The van der Waals surface area contributed by atoms with Crippen LogP contribution in [-0.4, -0.2) is 27.9 Å². The van der Waals surface area contributed by atoms with Gasteiger partial charge in [-0.15, -0.1) is 0 Å². The molecule has 0 bridgehead atoms. The van der Waals surface area contributed by atoms with E-state index in [0.717, 1.165) is 43.3 Å². The minimum Gasteiger partial charge on any atom is -0.380 e. The van der Waals surface area contributed by atoms with Gasteiger partial charge < -0.3 is 10.2 Å². The monoisotopic (exact) mass is 285 g/mol. The van der Waals surface area contributed by atoms with E-state index in [1.165, 1.54) is 18.4 Å². The summed E-state index contributed by atoms with van der Waals surface area (Å²) in [5, 5.41) is 7.89. The van der Waals surface area contributed by atoms with E-state index in [0.29, 0.717) is 0 Å². The molecule has 3 heterocycles. The standard InChI is InChI=1S/C16H23N5/c1-3-15-13(12-20(2)19-15)10-17-14-6-7-16(18-11-14)21-8-4-5-9-21/h6-7,11-12,17H,3-5,8-10H2,1-2H3. The summed E-state index contributed by atoms with van der Waals surface area (Å²) in [5.74, 6) is 1.09. The maximum Gasteiger partial charge on any atom is 0.128 e. The molecule has 1 saturated heterocycles. The topological polar surface area (TPSA) is 46.0 Å². The lowest BCUT2D eigenvalue weighted by molar-refractivity contribution is 0.746.